The molecule has 1 aromatic heterocycles. The number of aromatic nitrogens is 1. The molecule has 0 spiro atoms. The smallest absolute Gasteiger partial charge is 0.178 e. The number of rotatable bonds is 1. The van der Waals surface area contributed by atoms with Crippen LogP contribution in [0.4, 0.5) is 0 Å². The van der Waals surface area contributed by atoms with Crippen LogP contribution in [0.2, 0.25) is 0 Å². The van der Waals surface area contributed by atoms with Gasteiger partial charge >= 0.3 is 0 Å². The van der Waals surface area contributed by atoms with Gasteiger partial charge in [-0.05, 0) is 28.1 Å². The molecule has 60 valence electrons. The zero-order valence-electron chi connectivity index (χ0n) is 5.95. The Kier molecular flexibility index (Phi) is 1.94. The van der Waals surface area contributed by atoms with Gasteiger partial charge in [0.25, 0.3) is 0 Å². The largest absolute Gasteiger partial charge is 0.295 e. The van der Waals surface area contributed by atoms with Gasteiger partial charge < -0.3 is 0 Å². The molecule has 4 heteroatoms. The van der Waals surface area contributed by atoms with Crippen molar-refractivity contribution in [3.05, 3.63) is 27.7 Å². The predicted molar refractivity (Wildman–Crippen MR) is 52.7 cm³/mol. The molecule has 0 amide bonds. The number of hydrogen-bond acceptors (Lipinski definition) is 3. The van der Waals surface area contributed by atoms with Crippen molar-refractivity contribution in [3.63, 3.8) is 0 Å². The Bertz CT molecular complexity index is 438. The SMILES string of the molecule is O=Cc1nc2cccc(Br)c2s1. The minimum atomic E-state index is 0.525. The standard InChI is InChI=1S/C8H4BrNOS/c9-5-2-1-3-6-8(5)12-7(4-11)10-6/h1-4H. The topological polar surface area (TPSA) is 30.0 Å². The molecule has 0 aliphatic heterocycles. The van der Waals surface area contributed by atoms with E-state index >= 15 is 0 Å². The zero-order valence-corrected chi connectivity index (χ0v) is 8.35. The van der Waals surface area contributed by atoms with Crippen LogP contribution in [0.25, 0.3) is 10.2 Å². The van der Waals surface area contributed by atoms with Gasteiger partial charge in [-0.15, -0.1) is 11.3 Å². The van der Waals surface area contributed by atoms with Crippen molar-refractivity contribution in [2.24, 2.45) is 0 Å². The van der Waals surface area contributed by atoms with Crippen LogP contribution in [0.5, 0.6) is 0 Å². The van der Waals surface area contributed by atoms with E-state index in [9.17, 15) is 4.79 Å². The van der Waals surface area contributed by atoms with Gasteiger partial charge in [0, 0.05) is 4.47 Å². The van der Waals surface area contributed by atoms with Crippen molar-refractivity contribution in [3.8, 4) is 0 Å². The Morgan fingerprint density at radius 2 is 2.33 bits per heavy atom. The molecule has 0 unspecified atom stereocenters. The van der Waals surface area contributed by atoms with Gasteiger partial charge in [0.15, 0.2) is 11.3 Å². The van der Waals surface area contributed by atoms with Gasteiger partial charge in [0.1, 0.15) is 0 Å². The van der Waals surface area contributed by atoms with Gasteiger partial charge in [0.05, 0.1) is 10.2 Å². The van der Waals surface area contributed by atoms with Gasteiger partial charge in [0.2, 0.25) is 0 Å². The third-order valence-electron chi connectivity index (χ3n) is 1.48. The molecule has 0 fully saturated rings. The molecule has 0 saturated carbocycles. The highest BCUT2D eigenvalue weighted by Crippen LogP contribution is 2.28. The first-order valence-corrected chi connectivity index (χ1v) is 4.92. The zero-order chi connectivity index (χ0) is 8.55. The Morgan fingerprint density at radius 3 is 3.00 bits per heavy atom. The molecule has 2 nitrogen and oxygen atoms in total. The average molecular weight is 242 g/mol. The molecule has 1 heterocycles. The summed E-state index contributed by atoms with van der Waals surface area (Å²) in [5.74, 6) is 0. The Labute approximate surface area is 81.4 Å². The molecule has 0 aliphatic carbocycles. The van der Waals surface area contributed by atoms with Crippen molar-refractivity contribution in [2.45, 2.75) is 0 Å². The Morgan fingerprint density at radius 1 is 1.50 bits per heavy atom. The predicted octanol–water partition coefficient (Wildman–Crippen LogP) is 2.87. The maximum absolute atomic E-state index is 10.4. The summed E-state index contributed by atoms with van der Waals surface area (Å²) in [5, 5.41) is 0.525. The summed E-state index contributed by atoms with van der Waals surface area (Å²) >= 11 is 4.79. The lowest BCUT2D eigenvalue weighted by Crippen LogP contribution is -1.72. The lowest BCUT2D eigenvalue weighted by molar-refractivity contribution is 0.112. The van der Waals surface area contributed by atoms with Crippen LogP contribution in [-0.2, 0) is 0 Å². The molecule has 2 aromatic rings. The van der Waals surface area contributed by atoms with Crippen molar-refractivity contribution < 1.29 is 4.79 Å². The third-order valence-corrected chi connectivity index (χ3v) is 3.44. The third kappa shape index (κ3) is 1.17. The molecule has 0 N–H and O–H groups in total. The maximum Gasteiger partial charge on any atom is 0.178 e. The number of hydrogen-bond donors (Lipinski definition) is 0. The lowest BCUT2D eigenvalue weighted by Gasteiger charge is -1.88. The molecule has 0 atom stereocenters. The number of aldehydes is 1. The Hall–Kier alpha value is -0.740. The number of benzene rings is 1. The van der Waals surface area contributed by atoms with Crippen LogP contribution >= 0.6 is 27.3 Å². The first-order valence-electron chi connectivity index (χ1n) is 3.31. The van der Waals surface area contributed by atoms with Crippen LogP contribution < -0.4 is 0 Å². The fourth-order valence-electron chi connectivity index (χ4n) is 0.983. The molecular weight excluding hydrogens is 238 g/mol. The van der Waals surface area contributed by atoms with Crippen LogP contribution in [0.15, 0.2) is 22.7 Å². The van der Waals surface area contributed by atoms with E-state index in [0.29, 0.717) is 5.01 Å². The summed E-state index contributed by atoms with van der Waals surface area (Å²) in [6.07, 6.45) is 0.775. The lowest BCUT2D eigenvalue weighted by atomic mass is 10.3. The number of halogens is 1. The highest BCUT2D eigenvalue weighted by molar-refractivity contribution is 9.10. The molecule has 0 bridgehead atoms. The van der Waals surface area contributed by atoms with E-state index in [4.69, 9.17) is 0 Å². The van der Waals surface area contributed by atoms with Gasteiger partial charge in [-0.1, -0.05) is 6.07 Å². The van der Waals surface area contributed by atoms with Gasteiger partial charge in [-0.2, -0.15) is 0 Å². The van der Waals surface area contributed by atoms with E-state index in [1.807, 2.05) is 18.2 Å². The monoisotopic (exact) mass is 241 g/mol. The van der Waals surface area contributed by atoms with Crippen molar-refractivity contribution in [1.29, 1.82) is 0 Å². The quantitative estimate of drug-likeness (QED) is 0.719. The van der Waals surface area contributed by atoms with Crippen molar-refractivity contribution >= 4 is 43.8 Å². The summed E-state index contributed by atoms with van der Waals surface area (Å²) in [5.41, 5.74) is 0.872. The Balaban J connectivity index is 2.82. The fourth-order valence-corrected chi connectivity index (χ4v) is 2.37. The highest BCUT2D eigenvalue weighted by Gasteiger charge is 2.04. The average Bonchev–Trinajstić information content (AvgIpc) is 2.49. The number of carbonyl (C=O) groups is 1. The van der Waals surface area contributed by atoms with Crippen molar-refractivity contribution in [2.75, 3.05) is 0 Å². The van der Waals surface area contributed by atoms with E-state index < -0.39 is 0 Å². The van der Waals surface area contributed by atoms with Crippen LogP contribution in [0.3, 0.4) is 0 Å². The second-order valence-electron chi connectivity index (χ2n) is 2.26. The molecule has 1 aromatic carbocycles. The molecule has 0 aliphatic rings. The second kappa shape index (κ2) is 2.95. The van der Waals surface area contributed by atoms with E-state index in [1.165, 1.54) is 11.3 Å². The number of carbonyl (C=O) groups excluding carboxylic acids is 1. The molecule has 2 rings (SSSR count). The van der Waals surface area contributed by atoms with E-state index in [0.717, 1.165) is 21.0 Å². The minimum absolute atomic E-state index is 0.525. The van der Waals surface area contributed by atoms with Crippen molar-refractivity contribution in [1.82, 2.24) is 4.98 Å². The summed E-state index contributed by atoms with van der Waals surface area (Å²) in [6.45, 7) is 0. The summed E-state index contributed by atoms with van der Waals surface area (Å²) in [6, 6.07) is 5.74. The molecule has 0 saturated heterocycles. The normalized spacial score (nSPS) is 10.4. The number of fused-ring (bicyclic) bond motifs is 1. The number of thiazole rings is 1. The van der Waals surface area contributed by atoms with E-state index in [1.54, 1.807) is 0 Å². The molecule has 12 heavy (non-hydrogen) atoms. The van der Waals surface area contributed by atoms with Crippen LogP contribution in [0.1, 0.15) is 9.80 Å². The summed E-state index contributed by atoms with van der Waals surface area (Å²) < 4.78 is 2.02. The minimum Gasteiger partial charge on any atom is -0.295 e. The summed E-state index contributed by atoms with van der Waals surface area (Å²) in [7, 11) is 0. The van der Waals surface area contributed by atoms with Crippen LogP contribution in [-0.4, -0.2) is 11.3 Å². The van der Waals surface area contributed by atoms with Gasteiger partial charge in [-0.3, -0.25) is 4.79 Å². The van der Waals surface area contributed by atoms with Crippen LogP contribution in [0, 0.1) is 0 Å². The first kappa shape index (κ1) is 7.89. The fraction of sp³-hybridized carbons (Fsp3) is 0. The highest BCUT2D eigenvalue weighted by atomic mass is 79.9. The number of nitrogens with zero attached hydrogens (tertiary/aromatic N) is 1. The van der Waals surface area contributed by atoms with E-state index in [2.05, 4.69) is 20.9 Å². The van der Waals surface area contributed by atoms with Gasteiger partial charge in [-0.25, -0.2) is 4.98 Å². The summed E-state index contributed by atoms with van der Waals surface area (Å²) in [4.78, 5) is 14.5. The maximum atomic E-state index is 10.4. The first-order chi connectivity index (χ1) is 5.81. The molecule has 0 radical (unpaired) electrons. The second-order valence-corrected chi connectivity index (χ2v) is 4.14. The molecular formula is C8H4BrNOS. The van der Waals surface area contributed by atoms with E-state index in [-0.39, 0.29) is 0 Å².